The van der Waals surface area contributed by atoms with Crippen LogP contribution in [0.1, 0.15) is 17.2 Å². The number of rotatable bonds is 5. The van der Waals surface area contributed by atoms with Gasteiger partial charge in [-0.1, -0.05) is 12.1 Å². The molecule has 0 saturated heterocycles. The van der Waals surface area contributed by atoms with Crippen LogP contribution in [0.4, 0.5) is 8.78 Å². The maximum absolute atomic E-state index is 12.1. The van der Waals surface area contributed by atoms with Crippen molar-refractivity contribution in [1.82, 2.24) is 5.43 Å². The number of ether oxygens (including phenoxy) is 1. The molecule has 2 aromatic rings. The molecule has 6 heteroatoms. The molecule has 0 aliphatic carbocycles. The molecular weight excluding hydrogens is 258 g/mol. The molecule has 0 radical (unpaired) electrons. The van der Waals surface area contributed by atoms with Gasteiger partial charge in [-0.05, 0) is 40.1 Å². The number of benzene rings is 1. The van der Waals surface area contributed by atoms with Gasteiger partial charge in [0.05, 0.1) is 6.04 Å². The first-order valence-electron chi connectivity index (χ1n) is 5.23. The second-order valence-corrected chi connectivity index (χ2v) is 4.39. The Kier molecular flexibility index (Phi) is 4.24. The van der Waals surface area contributed by atoms with Crippen molar-refractivity contribution < 1.29 is 13.5 Å². The summed E-state index contributed by atoms with van der Waals surface area (Å²) < 4.78 is 28.7. The van der Waals surface area contributed by atoms with Crippen LogP contribution in [-0.4, -0.2) is 6.61 Å². The van der Waals surface area contributed by atoms with E-state index in [1.54, 1.807) is 29.5 Å². The van der Waals surface area contributed by atoms with Gasteiger partial charge in [0.1, 0.15) is 5.75 Å². The van der Waals surface area contributed by atoms with Gasteiger partial charge >= 0.3 is 6.61 Å². The number of halogens is 2. The molecule has 0 aliphatic rings. The zero-order chi connectivity index (χ0) is 13.0. The molecule has 2 rings (SSSR count). The summed E-state index contributed by atoms with van der Waals surface area (Å²) in [6.07, 6.45) is 0. The molecule has 3 N–H and O–H groups in total. The van der Waals surface area contributed by atoms with Crippen LogP contribution in [-0.2, 0) is 0 Å². The van der Waals surface area contributed by atoms with Gasteiger partial charge in [0, 0.05) is 0 Å². The van der Waals surface area contributed by atoms with Crippen LogP contribution in [0.15, 0.2) is 41.1 Å². The Morgan fingerprint density at radius 1 is 1.22 bits per heavy atom. The van der Waals surface area contributed by atoms with E-state index in [4.69, 9.17) is 5.84 Å². The Bertz CT molecular complexity index is 491. The van der Waals surface area contributed by atoms with Crippen LogP contribution in [0.3, 0.4) is 0 Å². The summed E-state index contributed by atoms with van der Waals surface area (Å²) in [6.45, 7) is -2.83. The first kappa shape index (κ1) is 12.9. The fraction of sp³-hybridized carbons (Fsp3) is 0.167. The Morgan fingerprint density at radius 2 is 2.06 bits per heavy atom. The van der Waals surface area contributed by atoms with E-state index >= 15 is 0 Å². The third kappa shape index (κ3) is 3.04. The standard InChI is InChI=1S/C12H12F2N2OS/c13-12(14)17-10-3-1-2-8(6-10)11(16-15)9-4-5-18-7-9/h1-7,11-12,16H,15H2. The molecule has 0 amide bonds. The maximum atomic E-state index is 12.1. The minimum Gasteiger partial charge on any atom is -0.435 e. The predicted octanol–water partition coefficient (Wildman–Crippen LogP) is 2.90. The number of hydrogen-bond donors (Lipinski definition) is 2. The molecule has 1 unspecified atom stereocenters. The Balaban J connectivity index is 2.26. The molecule has 0 bridgehead atoms. The number of thiophene rings is 1. The number of nitrogens with one attached hydrogen (secondary N) is 1. The number of alkyl halides is 2. The zero-order valence-electron chi connectivity index (χ0n) is 9.35. The third-order valence-electron chi connectivity index (χ3n) is 2.46. The second-order valence-electron chi connectivity index (χ2n) is 3.61. The fourth-order valence-corrected chi connectivity index (χ4v) is 2.38. The number of hydrogen-bond acceptors (Lipinski definition) is 4. The van der Waals surface area contributed by atoms with Crippen LogP contribution in [0, 0.1) is 0 Å². The van der Waals surface area contributed by atoms with Crippen molar-refractivity contribution in [1.29, 1.82) is 0 Å². The first-order valence-corrected chi connectivity index (χ1v) is 6.18. The molecule has 1 atom stereocenters. The highest BCUT2D eigenvalue weighted by molar-refractivity contribution is 7.08. The van der Waals surface area contributed by atoms with Gasteiger partial charge in [0.25, 0.3) is 0 Å². The van der Waals surface area contributed by atoms with Crippen LogP contribution >= 0.6 is 11.3 Å². The van der Waals surface area contributed by atoms with Gasteiger partial charge in [-0.25, -0.2) is 5.43 Å². The minimum absolute atomic E-state index is 0.123. The maximum Gasteiger partial charge on any atom is 0.387 e. The van der Waals surface area contributed by atoms with E-state index in [0.717, 1.165) is 11.1 Å². The Morgan fingerprint density at radius 3 is 2.67 bits per heavy atom. The van der Waals surface area contributed by atoms with Crippen LogP contribution in [0.25, 0.3) is 0 Å². The van der Waals surface area contributed by atoms with E-state index in [1.807, 2.05) is 16.8 Å². The largest absolute Gasteiger partial charge is 0.435 e. The van der Waals surface area contributed by atoms with Crippen molar-refractivity contribution >= 4 is 11.3 Å². The van der Waals surface area contributed by atoms with Crippen LogP contribution in [0.5, 0.6) is 5.75 Å². The lowest BCUT2D eigenvalue weighted by Crippen LogP contribution is -2.28. The average Bonchev–Trinajstić information content (AvgIpc) is 2.83. The minimum atomic E-state index is -2.83. The molecule has 3 nitrogen and oxygen atoms in total. The van der Waals surface area contributed by atoms with Gasteiger partial charge < -0.3 is 4.74 Å². The zero-order valence-corrected chi connectivity index (χ0v) is 10.2. The molecule has 0 aliphatic heterocycles. The normalized spacial score (nSPS) is 12.7. The van der Waals surface area contributed by atoms with Crippen molar-refractivity contribution in [2.45, 2.75) is 12.7 Å². The van der Waals surface area contributed by atoms with E-state index in [9.17, 15) is 8.78 Å². The van der Waals surface area contributed by atoms with Crippen molar-refractivity contribution in [3.63, 3.8) is 0 Å². The highest BCUT2D eigenvalue weighted by Gasteiger charge is 2.14. The molecule has 1 aromatic heterocycles. The summed E-state index contributed by atoms with van der Waals surface area (Å²) >= 11 is 1.55. The number of hydrazine groups is 1. The highest BCUT2D eigenvalue weighted by atomic mass is 32.1. The lowest BCUT2D eigenvalue weighted by atomic mass is 10.0. The summed E-state index contributed by atoms with van der Waals surface area (Å²) in [4.78, 5) is 0. The molecule has 0 fully saturated rings. The summed E-state index contributed by atoms with van der Waals surface area (Å²) in [6, 6.07) is 8.18. The van der Waals surface area contributed by atoms with Crippen molar-refractivity contribution in [3.8, 4) is 5.75 Å². The van der Waals surface area contributed by atoms with Gasteiger partial charge in [0.15, 0.2) is 0 Å². The van der Waals surface area contributed by atoms with E-state index < -0.39 is 6.61 Å². The van der Waals surface area contributed by atoms with Gasteiger partial charge in [-0.15, -0.1) is 0 Å². The molecule has 0 spiro atoms. The summed E-state index contributed by atoms with van der Waals surface area (Å²) in [7, 11) is 0. The SMILES string of the molecule is NNC(c1ccsc1)c1cccc(OC(F)F)c1. The topological polar surface area (TPSA) is 47.3 Å². The molecule has 18 heavy (non-hydrogen) atoms. The number of nitrogens with two attached hydrogens (primary N) is 1. The third-order valence-corrected chi connectivity index (χ3v) is 3.16. The van der Waals surface area contributed by atoms with Crippen LogP contribution < -0.4 is 16.0 Å². The van der Waals surface area contributed by atoms with Crippen molar-refractivity contribution in [2.75, 3.05) is 0 Å². The van der Waals surface area contributed by atoms with E-state index in [-0.39, 0.29) is 11.8 Å². The van der Waals surface area contributed by atoms with Gasteiger partial charge in [-0.3, -0.25) is 5.84 Å². The van der Waals surface area contributed by atoms with E-state index in [0.29, 0.717) is 0 Å². The van der Waals surface area contributed by atoms with Crippen molar-refractivity contribution in [2.24, 2.45) is 5.84 Å². The fourth-order valence-electron chi connectivity index (χ4n) is 1.69. The first-order chi connectivity index (χ1) is 8.70. The quantitative estimate of drug-likeness (QED) is 0.648. The molecule has 96 valence electrons. The summed E-state index contributed by atoms with van der Waals surface area (Å²) in [5, 5.41) is 3.88. The lowest BCUT2D eigenvalue weighted by molar-refractivity contribution is -0.0498. The van der Waals surface area contributed by atoms with Crippen LogP contribution in [0.2, 0.25) is 0 Å². The van der Waals surface area contributed by atoms with E-state index in [1.165, 1.54) is 6.07 Å². The average molecular weight is 270 g/mol. The molecular formula is C12H12F2N2OS. The summed E-state index contributed by atoms with van der Waals surface area (Å²) in [5.74, 6) is 5.64. The lowest BCUT2D eigenvalue weighted by Gasteiger charge is -2.16. The molecule has 0 saturated carbocycles. The highest BCUT2D eigenvalue weighted by Crippen LogP contribution is 2.26. The van der Waals surface area contributed by atoms with E-state index in [2.05, 4.69) is 10.2 Å². The monoisotopic (exact) mass is 270 g/mol. The molecule has 1 aromatic carbocycles. The Labute approximate surface area is 107 Å². The Hall–Kier alpha value is -1.50. The second kappa shape index (κ2) is 5.90. The van der Waals surface area contributed by atoms with Crippen molar-refractivity contribution in [3.05, 3.63) is 52.2 Å². The van der Waals surface area contributed by atoms with Gasteiger partial charge in [-0.2, -0.15) is 20.1 Å². The van der Waals surface area contributed by atoms with Gasteiger partial charge in [0.2, 0.25) is 0 Å². The predicted molar refractivity (Wildman–Crippen MR) is 66.6 cm³/mol. The smallest absolute Gasteiger partial charge is 0.387 e. The summed E-state index contributed by atoms with van der Waals surface area (Å²) in [5.41, 5.74) is 4.42. The molecule has 1 heterocycles.